The topological polar surface area (TPSA) is 91.3 Å². The largest absolute Gasteiger partial charge is 0.429 e. The van der Waals surface area contributed by atoms with Crippen molar-refractivity contribution in [2.24, 2.45) is 0 Å². The quantitative estimate of drug-likeness (QED) is 0.502. The molecule has 0 atom stereocenters. The molecule has 16 heavy (non-hydrogen) atoms. The molecule has 2 rings (SSSR count). The van der Waals surface area contributed by atoms with Gasteiger partial charge in [-0.1, -0.05) is 12.1 Å². The summed E-state index contributed by atoms with van der Waals surface area (Å²) in [6.45, 7) is 0. The minimum atomic E-state index is -0.515. The number of rotatable bonds is 3. The third-order valence-corrected chi connectivity index (χ3v) is 2.60. The maximum atomic E-state index is 10.4. The monoisotopic (exact) mass is 237 g/mol. The van der Waals surface area contributed by atoms with Crippen LogP contribution in [0.5, 0.6) is 10.9 Å². The fourth-order valence-corrected chi connectivity index (χ4v) is 1.64. The molecular weight excluding hydrogens is 230 g/mol. The average Bonchev–Trinajstić information content (AvgIpc) is 2.70. The molecule has 0 amide bonds. The molecule has 0 bridgehead atoms. The van der Waals surface area contributed by atoms with Crippen molar-refractivity contribution < 1.29 is 9.66 Å². The SMILES string of the molecule is Nc1ccccc1Oc1ncc([N+](=O)[O-])s1. The van der Waals surface area contributed by atoms with Crippen LogP contribution in [0.2, 0.25) is 0 Å². The highest BCUT2D eigenvalue weighted by Crippen LogP contribution is 2.32. The summed E-state index contributed by atoms with van der Waals surface area (Å²) >= 11 is 0.857. The summed E-state index contributed by atoms with van der Waals surface area (Å²) in [5.74, 6) is 0.437. The number of anilines is 1. The van der Waals surface area contributed by atoms with Crippen molar-refractivity contribution >= 4 is 22.0 Å². The van der Waals surface area contributed by atoms with Crippen LogP contribution < -0.4 is 10.5 Å². The number of aromatic nitrogens is 1. The zero-order valence-electron chi connectivity index (χ0n) is 7.99. The zero-order valence-corrected chi connectivity index (χ0v) is 8.81. The van der Waals surface area contributed by atoms with Gasteiger partial charge >= 0.3 is 5.00 Å². The highest BCUT2D eigenvalue weighted by atomic mass is 32.1. The van der Waals surface area contributed by atoms with Crippen molar-refractivity contribution in [1.82, 2.24) is 4.98 Å². The molecule has 0 aliphatic carbocycles. The van der Waals surface area contributed by atoms with E-state index in [0.717, 1.165) is 17.5 Å². The van der Waals surface area contributed by atoms with Crippen LogP contribution in [0.4, 0.5) is 10.7 Å². The summed E-state index contributed by atoms with van der Waals surface area (Å²) in [4.78, 5) is 13.7. The molecule has 7 heteroatoms. The van der Waals surface area contributed by atoms with E-state index >= 15 is 0 Å². The van der Waals surface area contributed by atoms with E-state index < -0.39 is 4.92 Å². The Labute approximate surface area is 94.5 Å². The highest BCUT2D eigenvalue weighted by molar-refractivity contribution is 7.16. The Balaban J connectivity index is 2.21. The van der Waals surface area contributed by atoms with Crippen LogP contribution in [0.3, 0.4) is 0 Å². The molecule has 0 aliphatic heterocycles. The van der Waals surface area contributed by atoms with Gasteiger partial charge < -0.3 is 10.5 Å². The van der Waals surface area contributed by atoms with Gasteiger partial charge in [0.1, 0.15) is 6.20 Å². The summed E-state index contributed by atoms with van der Waals surface area (Å²) in [7, 11) is 0. The van der Waals surface area contributed by atoms with E-state index in [1.54, 1.807) is 24.3 Å². The lowest BCUT2D eigenvalue weighted by Crippen LogP contribution is -1.90. The first-order valence-corrected chi connectivity index (χ1v) is 5.11. The smallest absolute Gasteiger partial charge is 0.347 e. The predicted molar refractivity (Wildman–Crippen MR) is 59.7 cm³/mol. The first-order chi connectivity index (χ1) is 7.66. The van der Waals surface area contributed by atoms with Crippen LogP contribution in [0.15, 0.2) is 30.5 Å². The highest BCUT2D eigenvalue weighted by Gasteiger charge is 2.13. The van der Waals surface area contributed by atoms with E-state index in [9.17, 15) is 10.1 Å². The van der Waals surface area contributed by atoms with E-state index in [-0.39, 0.29) is 10.2 Å². The van der Waals surface area contributed by atoms with Gasteiger partial charge in [-0.25, -0.2) is 4.98 Å². The Bertz CT molecular complexity index is 526. The van der Waals surface area contributed by atoms with E-state index in [1.807, 2.05) is 0 Å². The molecule has 0 fully saturated rings. The van der Waals surface area contributed by atoms with E-state index in [4.69, 9.17) is 10.5 Å². The number of para-hydroxylation sites is 2. The summed E-state index contributed by atoms with van der Waals surface area (Å²) in [5, 5.41) is 10.6. The molecule has 0 radical (unpaired) electrons. The number of benzene rings is 1. The van der Waals surface area contributed by atoms with Crippen LogP contribution in [0, 0.1) is 10.1 Å². The first-order valence-electron chi connectivity index (χ1n) is 4.29. The summed E-state index contributed by atoms with van der Waals surface area (Å²) in [6, 6.07) is 6.88. The Hall–Kier alpha value is -2.15. The Morgan fingerprint density at radius 1 is 1.44 bits per heavy atom. The minimum absolute atomic E-state index is 0.0653. The van der Waals surface area contributed by atoms with Crippen LogP contribution in [0.1, 0.15) is 0 Å². The summed E-state index contributed by atoms with van der Waals surface area (Å²) in [5.41, 5.74) is 6.11. The third-order valence-electron chi connectivity index (χ3n) is 1.77. The standard InChI is InChI=1S/C9H7N3O3S/c10-6-3-1-2-4-7(6)15-9-11-5-8(16-9)12(13)14/h1-5H,10H2. The van der Waals surface area contributed by atoms with Gasteiger partial charge in [0.2, 0.25) is 0 Å². The fraction of sp³-hybridized carbons (Fsp3) is 0. The number of hydrogen-bond acceptors (Lipinski definition) is 6. The van der Waals surface area contributed by atoms with Crippen LogP contribution in [-0.4, -0.2) is 9.91 Å². The first kappa shape index (κ1) is 10.4. The van der Waals surface area contributed by atoms with Gasteiger partial charge in [0, 0.05) is 0 Å². The molecule has 1 heterocycles. The molecule has 0 spiro atoms. The number of hydrogen-bond donors (Lipinski definition) is 1. The molecular formula is C9H7N3O3S. The van der Waals surface area contributed by atoms with Crippen molar-refractivity contribution in [2.45, 2.75) is 0 Å². The van der Waals surface area contributed by atoms with Crippen molar-refractivity contribution in [3.63, 3.8) is 0 Å². The Kier molecular flexibility index (Phi) is 2.69. The second kappa shape index (κ2) is 4.15. The van der Waals surface area contributed by atoms with Gasteiger partial charge in [0.05, 0.1) is 10.6 Å². The third kappa shape index (κ3) is 2.09. The van der Waals surface area contributed by atoms with Gasteiger partial charge in [0.15, 0.2) is 5.75 Å². The fourth-order valence-electron chi connectivity index (χ4n) is 1.05. The van der Waals surface area contributed by atoms with Crippen molar-refractivity contribution in [2.75, 3.05) is 5.73 Å². The van der Waals surface area contributed by atoms with Gasteiger partial charge in [-0.05, 0) is 23.5 Å². The second-order valence-electron chi connectivity index (χ2n) is 2.86. The zero-order chi connectivity index (χ0) is 11.5. The molecule has 2 aromatic rings. The predicted octanol–water partition coefficient (Wildman–Crippen LogP) is 2.43. The number of nitrogens with two attached hydrogens (primary N) is 1. The maximum absolute atomic E-state index is 10.4. The van der Waals surface area contributed by atoms with E-state index in [0.29, 0.717) is 11.4 Å². The molecule has 82 valence electrons. The molecule has 0 saturated heterocycles. The van der Waals surface area contributed by atoms with Crippen LogP contribution in [-0.2, 0) is 0 Å². The van der Waals surface area contributed by atoms with Crippen LogP contribution in [0.25, 0.3) is 0 Å². The van der Waals surface area contributed by atoms with Crippen molar-refractivity contribution in [1.29, 1.82) is 0 Å². The second-order valence-corrected chi connectivity index (χ2v) is 3.83. The lowest BCUT2D eigenvalue weighted by Gasteiger charge is -2.03. The van der Waals surface area contributed by atoms with Crippen LogP contribution >= 0.6 is 11.3 Å². The molecule has 1 aromatic carbocycles. The number of nitrogens with zero attached hydrogens (tertiary/aromatic N) is 2. The molecule has 2 N–H and O–H groups in total. The lowest BCUT2D eigenvalue weighted by molar-refractivity contribution is -0.380. The minimum Gasteiger partial charge on any atom is -0.429 e. The number of thiazole rings is 1. The number of ether oxygens (including phenoxy) is 1. The van der Waals surface area contributed by atoms with Gasteiger partial charge in [-0.2, -0.15) is 0 Å². The van der Waals surface area contributed by atoms with E-state index in [2.05, 4.69) is 4.98 Å². The number of nitrogen functional groups attached to an aromatic ring is 1. The van der Waals surface area contributed by atoms with Gasteiger partial charge in [0.25, 0.3) is 5.19 Å². The van der Waals surface area contributed by atoms with Gasteiger partial charge in [-0.3, -0.25) is 10.1 Å². The van der Waals surface area contributed by atoms with E-state index in [1.165, 1.54) is 0 Å². The number of nitro groups is 1. The van der Waals surface area contributed by atoms with Crippen molar-refractivity contribution in [3.8, 4) is 10.9 Å². The molecule has 1 aromatic heterocycles. The lowest BCUT2D eigenvalue weighted by atomic mass is 10.3. The molecule has 0 saturated carbocycles. The maximum Gasteiger partial charge on any atom is 0.347 e. The van der Waals surface area contributed by atoms with Gasteiger partial charge in [-0.15, -0.1) is 0 Å². The average molecular weight is 237 g/mol. The van der Waals surface area contributed by atoms with Crippen molar-refractivity contribution in [3.05, 3.63) is 40.6 Å². The molecule has 0 unspecified atom stereocenters. The summed E-state index contributed by atoms with van der Waals surface area (Å²) in [6.07, 6.45) is 1.15. The Morgan fingerprint density at radius 2 is 2.19 bits per heavy atom. The molecule has 0 aliphatic rings. The normalized spacial score (nSPS) is 10.0. The summed E-state index contributed by atoms with van der Waals surface area (Å²) < 4.78 is 5.32. The Morgan fingerprint density at radius 3 is 2.81 bits per heavy atom. The molecule has 6 nitrogen and oxygen atoms in total.